The van der Waals surface area contributed by atoms with Crippen LogP contribution in [0.15, 0.2) is 83.0 Å². The highest BCUT2D eigenvalue weighted by molar-refractivity contribution is 9.10. The van der Waals surface area contributed by atoms with Gasteiger partial charge in [0.15, 0.2) is 5.76 Å². The van der Waals surface area contributed by atoms with Crippen molar-refractivity contribution in [2.45, 2.75) is 13.0 Å². The van der Waals surface area contributed by atoms with Gasteiger partial charge in [-0.05, 0) is 54.4 Å². The predicted octanol–water partition coefficient (Wildman–Crippen LogP) is 5.95. The first kappa shape index (κ1) is 18.4. The molecule has 1 N–H and O–H groups in total. The first-order valence-corrected chi connectivity index (χ1v) is 9.60. The fraction of sp³-hybridized carbons (Fsp3) is 0.0870. The Morgan fingerprint density at radius 1 is 1.00 bits per heavy atom. The molecular formula is C23H17BrFNO2. The highest BCUT2D eigenvalue weighted by Gasteiger charge is 2.42. The zero-order chi connectivity index (χ0) is 19.8. The van der Waals surface area contributed by atoms with Crippen LogP contribution < -0.4 is 4.90 Å². The number of aliphatic hydroxyl groups is 1. The van der Waals surface area contributed by atoms with Crippen molar-refractivity contribution < 1.29 is 14.3 Å². The SMILES string of the molecule is Cc1ccc(C2=C(O)C(=O)N(c3ccc(F)cc3)[C@H]2c2cccc(Br)c2)cc1. The molecule has 1 atom stereocenters. The second-order valence-corrected chi connectivity index (χ2v) is 7.65. The average Bonchev–Trinajstić information content (AvgIpc) is 2.95. The van der Waals surface area contributed by atoms with Crippen LogP contribution in [0.4, 0.5) is 10.1 Å². The van der Waals surface area contributed by atoms with E-state index in [0.29, 0.717) is 11.3 Å². The largest absolute Gasteiger partial charge is 0.503 e. The van der Waals surface area contributed by atoms with Crippen LogP contribution in [0.1, 0.15) is 22.7 Å². The summed E-state index contributed by atoms with van der Waals surface area (Å²) in [6.45, 7) is 1.98. The summed E-state index contributed by atoms with van der Waals surface area (Å²) in [6, 6.07) is 20.5. The molecule has 1 aliphatic rings. The molecule has 3 aromatic rings. The predicted molar refractivity (Wildman–Crippen MR) is 111 cm³/mol. The number of rotatable bonds is 3. The van der Waals surface area contributed by atoms with E-state index in [1.807, 2.05) is 55.5 Å². The maximum absolute atomic E-state index is 13.4. The number of aliphatic hydroxyl groups excluding tert-OH is 1. The number of nitrogens with zero attached hydrogens (tertiary/aromatic N) is 1. The first-order valence-electron chi connectivity index (χ1n) is 8.80. The third-order valence-corrected chi connectivity index (χ3v) is 5.33. The normalized spacial score (nSPS) is 16.8. The molecule has 140 valence electrons. The molecule has 0 bridgehead atoms. The monoisotopic (exact) mass is 437 g/mol. The van der Waals surface area contributed by atoms with Crippen molar-refractivity contribution in [3.63, 3.8) is 0 Å². The molecule has 5 heteroatoms. The van der Waals surface area contributed by atoms with Crippen molar-refractivity contribution >= 4 is 33.1 Å². The lowest BCUT2D eigenvalue weighted by Gasteiger charge is -2.27. The van der Waals surface area contributed by atoms with Gasteiger partial charge in [-0.3, -0.25) is 9.69 Å². The summed E-state index contributed by atoms with van der Waals surface area (Å²) in [5, 5.41) is 10.8. The minimum Gasteiger partial charge on any atom is -0.503 e. The van der Waals surface area contributed by atoms with Crippen molar-refractivity contribution in [2.75, 3.05) is 4.90 Å². The lowest BCUT2D eigenvalue weighted by Crippen LogP contribution is -2.30. The Balaban J connectivity index is 1.91. The van der Waals surface area contributed by atoms with Crippen molar-refractivity contribution in [3.05, 3.63) is 106 Å². The quantitative estimate of drug-likeness (QED) is 0.549. The molecule has 3 nitrogen and oxygen atoms in total. The van der Waals surface area contributed by atoms with Crippen LogP contribution in [0.25, 0.3) is 5.57 Å². The summed E-state index contributed by atoms with van der Waals surface area (Å²) in [4.78, 5) is 14.5. The van der Waals surface area contributed by atoms with E-state index in [-0.39, 0.29) is 11.6 Å². The van der Waals surface area contributed by atoms with E-state index in [2.05, 4.69) is 15.9 Å². The van der Waals surface area contributed by atoms with E-state index < -0.39 is 11.9 Å². The lowest BCUT2D eigenvalue weighted by molar-refractivity contribution is -0.117. The maximum atomic E-state index is 13.4. The third kappa shape index (κ3) is 3.22. The van der Waals surface area contributed by atoms with E-state index in [9.17, 15) is 14.3 Å². The molecule has 0 spiro atoms. The van der Waals surface area contributed by atoms with Crippen molar-refractivity contribution in [2.24, 2.45) is 0 Å². The highest BCUT2D eigenvalue weighted by Crippen LogP contribution is 2.45. The zero-order valence-electron chi connectivity index (χ0n) is 15.1. The molecule has 0 saturated carbocycles. The van der Waals surface area contributed by atoms with Crippen molar-refractivity contribution in [3.8, 4) is 0 Å². The molecule has 3 aromatic carbocycles. The van der Waals surface area contributed by atoms with E-state index in [0.717, 1.165) is 21.2 Å². The van der Waals surface area contributed by atoms with E-state index >= 15 is 0 Å². The standard InChI is InChI=1S/C23H17BrFNO2/c1-14-5-7-15(8-6-14)20-21(16-3-2-4-17(24)13-16)26(23(28)22(20)27)19-11-9-18(25)10-12-19/h2-13,21,27H,1H3/t21-/m0/s1. The minimum atomic E-state index is -0.529. The number of halogens is 2. The second-order valence-electron chi connectivity index (χ2n) is 6.74. The van der Waals surface area contributed by atoms with Crippen LogP contribution in [-0.4, -0.2) is 11.0 Å². The fourth-order valence-electron chi connectivity index (χ4n) is 3.49. The van der Waals surface area contributed by atoms with E-state index in [4.69, 9.17) is 0 Å². The van der Waals surface area contributed by atoms with Crippen LogP contribution >= 0.6 is 15.9 Å². The van der Waals surface area contributed by atoms with E-state index in [1.165, 1.54) is 17.0 Å². The molecule has 1 heterocycles. The number of aryl methyl sites for hydroxylation is 1. The topological polar surface area (TPSA) is 40.5 Å². The Morgan fingerprint density at radius 2 is 1.68 bits per heavy atom. The van der Waals surface area contributed by atoms with Gasteiger partial charge in [0.2, 0.25) is 0 Å². The number of anilines is 1. The molecular weight excluding hydrogens is 421 g/mol. The Labute approximate surface area is 170 Å². The number of hydrogen-bond donors (Lipinski definition) is 1. The molecule has 28 heavy (non-hydrogen) atoms. The number of carbonyl (C=O) groups excluding carboxylic acids is 1. The van der Waals surface area contributed by atoms with Gasteiger partial charge in [-0.25, -0.2) is 4.39 Å². The molecule has 0 unspecified atom stereocenters. The van der Waals surface area contributed by atoms with Crippen molar-refractivity contribution in [1.29, 1.82) is 0 Å². The van der Waals surface area contributed by atoms with Gasteiger partial charge >= 0.3 is 0 Å². The summed E-state index contributed by atoms with van der Waals surface area (Å²) >= 11 is 3.48. The van der Waals surface area contributed by atoms with Gasteiger partial charge in [-0.1, -0.05) is 57.9 Å². The van der Waals surface area contributed by atoms with Gasteiger partial charge in [-0.2, -0.15) is 0 Å². The molecule has 0 radical (unpaired) electrons. The van der Waals surface area contributed by atoms with Crippen LogP contribution in [0, 0.1) is 12.7 Å². The Kier molecular flexibility index (Phi) is 4.77. The highest BCUT2D eigenvalue weighted by atomic mass is 79.9. The molecule has 1 amide bonds. The van der Waals surface area contributed by atoms with Gasteiger partial charge < -0.3 is 5.11 Å². The van der Waals surface area contributed by atoms with Crippen LogP contribution in [0.2, 0.25) is 0 Å². The molecule has 0 aromatic heterocycles. The molecule has 1 aliphatic heterocycles. The number of hydrogen-bond acceptors (Lipinski definition) is 2. The van der Waals surface area contributed by atoms with Crippen LogP contribution in [0.5, 0.6) is 0 Å². The summed E-state index contributed by atoms with van der Waals surface area (Å²) in [6.07, 6.45) is 0. The van der Waals surface area contributed by atoms with Gasteiger partial charge in [0, 0.05) is 15.7 Å². The van der Waals surface area contributed by atoms with Crippen LogP contribution in [0.3, 0.4) is 0 Å². The number of benzene rings is 3. The number of amides is 1. The Bertz CT molecular complexity index is 1070. The minimum absolute atomic E-state index is 0.293. The molecule has 4 rings (SSSR count). The van der Waals surface area contributed by atoms with Gasteiger partial charge in [0.25, 0.3) is 5.91 Å². The van der Waals surface area contributed by atoms with E-state index in [1.54, 1.807) is 12.1 Å². The summed E-state index contributed by atoms with van der Waals surface area (Å²) in [7, 11) is 0. The number of carbonyl (C=O) groups is 1. The lowest BCUT2D eigenvalue weighted by atomic mass is 9.93. The van der Waals surface area contributed by atoms with Gasteiger partial charge in [0.05, 0.1) is 6.04 Å². The average molecular weight is 438 g/mol. The van der Waals surface area contributed by atoms with Crippen molar-refractivity contribution in [1.82, 2.24) is 0 Å². The summed E-state index contributed by atoms with van der Waals surface area (Å²) < 4.78 is 14.3. The fourth-order valence-corrected chi connectivity index (χ4v) is 3.91. The Morgan fingerprint density at radius 3 is 2.32 bits per heavy atom. The summed E-state index contributed by atoms with van der Waals surface area (Å²) in [5.74, 6) is -1.18. The second kappa shape index (κ2) is 7.24. The van der Waals surface area contributed by atoms with Crippen LogP contribution in [-0.2, 0) is 4.79 Å². The molecule has 0 aliphatic carbocycles. The maximum Gasteiger partial charge on any atom is 0.294 e. The van der Waals surface area contributed by atoms with Gasteiger partial charge in [0.1, 0.15) is 5.82 Å². The molecule has 0 saturated heterocycles. The van der Waals surface area contributed by atoms with Gasteiger partial charge in [-0.15, -0.1) is 0 Å². The summed E-state index contributed by atoms with van der Waals surface area (Å²) in [5.41, 5.74) is 3.75. The third-order valence-electron chi connectivity index (χ3n) is 4.84. The smallest absolute Gasteiger partial charge is 0.294 e. The Hall–Kier alpha value is -2.92. The molecule has 0 fully saturated rings. The first-order chi connectivity index (χ1) is 13.5. The zero-order valence-corrected chi connectivity index (χ0v) is 16.7.